The van der Waals surface area contributed by atoms with Gasteiger partial charge in [-0.15, -0.1) is 0 Å². The average Bonchev–Trinajstić information content (AvgIpc) is 3.66. The highest BCUT2D eigenvalue weighted by molar-refractivity contribution is 6.08. The van der Waals surface area contributed by atoms with E-state index >= 15 is 0 Å². The summed E-state index contributed by atoms with van der Waals surface area (Å²) in [5.41, 5.74) is 9.97. The summed E-state index contributed by atoms with van der Waals surface area (Å²) in [6, 6.07) is 71.7. The molecule has 9 aromatic carbocycles. The van der Waals surface area contributed by atoms with Crippen LogP contribution in [0.4, 0.5) is 17.1 Å². The Kier molecular flexibility index (Phi) is 7.18. The van der Waals surface area contributed by atoms with Crippen molar-refractivity contribution >= 4 is 60.3 Å². The van der Waals surface area contributed by atoms with Gasteiger partial charge in [-0.2, -0.15) is 0 Å². The predicted molar refractivity (Wildman–Crippen MR) is 220 cm³/mol. The lowest BCUT2D eigenvalue weighted by atomic mass is 9.97. The first-order valence-electron chi connectivity index (χ1n) is 17.8. The molecule has 0 spiro atoms. The Labute approximate surface area is 302 Å². The molecule has 0 atom stereocenters. The molecule has 0 N–H and O–H groups in total. The molecule has 0 radical (unpaired) electrons. The van der Waals surface area contributed by atoms with Crippen LogP contribution in [0.1, 0.15) is 0 Å². The Hall–Kier alpha value is -6.90. The van der Waals surface area contributed by atoms with E-state index in [0.717, 1.165) is 50.5 Å². The summed E-state index contributed by atoms with van der Waals surface area (Å²) in [4.78, 5) is 2.36. The molecule has 0 aliphatic heterocycles. The third kappa shape index (κ3) is 5.21. The number of nitrogens with zero attached hydrogens (tertiary/aromatic N) is 1. The SMILES string of the molecule is c1ccc(-c2cc3ccccc3o2)c(-c2ccc(N(c3ccc(-c4cccc5ccccc45)cc3)c3ccc4c(ccc5ccccc54)c3)cc2)c1. The highest BCUT2D eigenvalue weighted by Gasteiger charge is 2.17. The molecule has 1 aromatic heterocycles. The molecule has 2 nitrogen and oxygen atoms in total. The van der Waals surface area contributed by atoms with Gasteiger partial charge >= 0.3 is 0 Å². The maximum absolute atomic E-state index is 6.31. The number of rotatable bonds is 6. The van der Waals surface area contributed by atoms with Crippen LogP contribution < -0.4 is 4.90 Å². The van der Waals surface area contributed by atoms with Crippen molar-refractivity contribution in [2.24, 2.45) is 0 Å². The zero-order chi connectivity index (χ0) is 34.4. The second-order valence-electron chi connectivity index (χ2n) is 13.3. The summed E-state index contributed by atoms with van der Waals surface area (Å²) in [6.45, 7) is 0. The molecule has 0 saturated carbocycles. The first-order chi connectivity index (χ1) is 25.8. The smallest absolute Gasteiger partial charge is 0.136 e. The van der Waals surface area contributed by atoms with Crippen molar-refractivity contribution in [3.05, 3.63) is 200 Å². The van der Waals surface area contributed by atoms with Crippen LogP contribution in [0.15, 0.2) is 205 Å². The van der Waals surface area contributed by atoms with Crippen molar-refractivity contribution in [3.8, 4) is 33.6 Å². The molecule has 2 heteroatoms. The predicted octanol–water partition coefficient (Wildman–Crippen LogP) is 14.4. The van der Waals surface area contributed by atoms with Gasteiger partial charge in [-0.05, 0) is 103 Å². The average molecular weight is 664 g/mol. The largest absolute Gasteiger partial charge is 0.456 e. The molecule has 10 rings (SSSR count). The minimum atomic E-state index is 0.873. The summed E-state index contributed by atoms with van der Waals surface area (Å²) in [5, 5.41) is 8.60. The number of hydrogen-bond acceptors (Lipinski definition) is 2. The molecule has 244 valence electrons. The van der Waals surface area contributed by atoms with Gasteiger partial charge in [0.1, 0.15) is 11.3 Å². The number of fused-ring (bicyclic) bond motifs is 5. The molecule has 10 aromatic rings. The highest BCUT2D eigenvalue weighted by atomic mass is 16.3. The van der Waals surface area contributed by atoms with Crippen LogP contribution in [0, 0.1) is 0 Å². The maximum atomic E-state index is 6.31. The zero-order valence-electron chi connectivity index (χ0n) is 28.4. The second kappa shape index (κ2) is 12.5. The number of hydrogen-bond donors (Lipinski definition) is 0. The van der Waals surface area contributed by atoms with Crippen LogP contribution in [0.5, 0.6) is 0 Å². The van der Waals surface area contributed by atoms with E-state index in [1.165, 1.54) is 43.4 Å². The standard InChI is InChI=1S/C50H33NO/c1-4-14-43-34(10-1)13-9-18-45(43)36-22-26-40(27-23-36)51(42-30-31-47-38(32-42)21-20-35-11-2-5-15-44(35)47)41-28-24-37(25-29-41)46-16-6-7-17-48(46)50-33-39-12-3-8-19-49(39)52-50/h1-33H. The van der Waals surface area contributed by atoms with E-state index in [2.05, 4.69) is 187 Å². The van der Waals surface area contributed by atoms with Crippen LogP contribution in [-0.4, -0.2) is 0 Å². The van der Waals surface area contributed by atoms with Gasteiger partial charge in [-0.25, -0.2) is 0 Å². The fourth-order valence-corrected chi connectivity index (χ4v) is 7.71. The van der Waals surface area contributed by atoms with Gasteiger partial charge in [0.2, 0.25) is 0 Å². The lowest BCUT2D eigenvalue weighted by Crippen LogP contribution is -2.10. The first-order valence-corrected chi connectivity index (χ1v) is 17.8. The molecule has 0 unspecified atom stereocenters. The van der Waals surface area contributed by atoms with E-state index in [-0.39, 0.29) is 0 Å². The van der Waals surface area contributed by atoms with E-state index < -0.39 is 0 Å². The third-order valence-electron chi connectivity index (χ3n) is 10.3. The van der Waals surface area contributed by atoms with Gasteiger partial charge in [0.05, 0.1) is 0 Å². The Morgan fingerprint density at radius 3 is 1.58 bits per heavy atom. The third-order valence-corrected chi connectivity index (χ3v) is 10.3. The zero-order valence-corrected chi connectivity index (χ0v) is 28.4. The van der Waals surface area contributed by atoms with Gasteiger partial charge in [0, 0.05) is 28.0 Å². The normalized spacial score (nSPS) is 11.5. The Balaban J connectivity index is 1.08. The van der Waals surface area contributed by atoms with E-state index in [1.807, 2.05) is 18.2 Å². The first kappa shape index (κ1) is 30.0. The monoisotopic (exact) mass is 663 g/mol. The van der Waals surface area contributed by atoms with Crippen molar-refractivity contribution < 1.29 is 4.42 Å². The minimum Gasteiger partial charge on any atom is -0.456 e. The van der Waals surface area contributed by atoms with Gasteiger partial charge < -0.3 is 9.32 Å². The number of para-hydroxylation sites is 1. The van der Waals surface area contributed by atoms with Crippen molar-refractivity contribution in [1.29, 1.82) is 0 Å². The van der Waals surface area contributed by atoms with Crippen molar-refractivity contribution in [2.75, 3.05) is 4.90 Å². The minimum absolute atomic E-state index is 0.873. The maximum Gasteiger partial charge on any atom is 0.136 e. The molecule has 0 saturated heterocycles. The van der Waals surface area contributed by atoms with Gasteiger partial charge in [-0.3, -0.25) is 0 Å². The summed E-state index contributed by atoms with van der Waals surface area (Å²) >= 11 is 0. The van der Waals surface area contributed by atoms with Crippen LogP contribution in [0.25, 0.3) is 76.9 Å². The molecule has 0 fully saturated rings. The molecule has 1 heterocycles. The van der Waals surface area contributed by atoms with E-state index in [4.69, 9.17) is 4.42 Å². The van der Waals surface area contributed by atoms with Crippen LogP contribution in [0.2, 0.25) is 0 Å². The molecule has 0 bridgehead atoms. The van der Waals surface area contributed by atoms with Crippen LogP contribution in [0.3, 0.4) is 0 Å². The molecule has 0 aliphatic rings. The number of furan rings is 1. The summed E-state index contributed by atoms with van der Waals surface area (Å²) in [7, 11) is 0. The molecule has 0 aliphatic carbocycles. The van der Waals surface area contributed by atoms with Crippen molar-refractivity contribution in [1.82, 2.24) is 0 Å². The van der Waals surface area contributed by atoms with Gasteiger partial charge in [0.25, 0.3) is 0 Å². The number of benzene rings is 9. The fourth-order valence-electron chi connectivity index (χ4n) is 7.71. The van der Waals surface area contributed by atoms with E-state index in [0.29, 0.717) is 0 Å². The van der Waals surface area contributed by atoms with Crippen molar-refractivity contribution in [3.63, 3.8) is 0 Å². The quantitative estimate of drug-likeness (QED) is 0.165. The molecule has 0 amide bonds. The lowest BCUT2D eigenvalue weighted by molar-refractivity contribution is 0.632. The summed E-state index contributed by atoms with van der Waals surface area (Å²) in [6.07, 6.45) is 0. The Morgan fingerprint density at radius 1 is 0.308 bits per heavy atom. The Bertz CT molecular complexity index is 2860. The Morgan fingerprint density at radius 2 is 0.827 bits per heavy atom. The van der Waals surface area contributed by atoms with Crippen LogP contribution >= 0.6 is 0 Å². The van der Waals surface area contributed by atoms with Gasteiger partial charge in [-0.1, -0.05) is 152 Å². The summed E-state index contributed by atoms with van der Waals surface area (Å²) < 4.78 is 6.31. The topological polar surface area (TPSA) is 16.4 Å². The summed E-state index contributed by atoms with van der Waals surface area (Å²) in [5.74, 6) is 0.873. The van der Waals surface area contributed by atoms with Crippen LogP contribution in [-0.2, 0) is 0 Å². The molecular formula is C50H33NO. The number of anilines is 3. The highest BCUT2D eigenvalue weighted by Crippen LogP contribution is 2.41. The second-order valence-corrected chi connectivity index (χ2v) is 13.3. The lowest BCUT2D eigenvalue weighted by Gasteiger charge is -2.26. The molecule has 52 heavy (non-hydrogen) atoms. The van der Waals surface area contributed by atoms with Crippen molar-refractivity contribution in [2.45, 2.75) is 0 Å². The fraction of sp³-hybridized carbons (Fsp3) is 0. The van der Waals surface area contributed by atoms with E-state index in [1.54, 1.807) is 0 Å². The molecular weight excluding hydrogens is 631 g/mol. The van der Waals surface area contributed by atoms with Gasteiger partial charge in [0.15, 0.2) is 0 Å². The van der Waals surface area contributed by atoms with E-state index in [9.17, 15) is 0 Å².